The van der Waals surface area contributed by atoms with Crippen LogP contribution in [0.4, 0.5) is 10.5 Å². The molecule has 5 nitrogen and oxygen atoms in total. The molecule has 0 saturated heterocycles. The first kappa shape index (κ1) is 16.5. The van der Waals surface area contributed by atoms with Gasteiger partial charge in [-0.1, -0.05) is 41.4 Å². The molecule has 0 unspecified atom stereocenters. The molecule has 1 heterocycles. The van der Waals surface area contributed by atoms with Gasteiger partial charge in [0.05, 0.1) is 12.2 Å². The van der Waals surface area contributed by atoms with Crippen molar-refractivity contribution in [2.75, 3.05) is 5.32 Å². The van der Waals surface area contributed by atoms with E-state index >= 15 is 0 Å². The van der Waals surface area contributed by atoms with E-state index in [9.17, 15) is 10.0 Å². The Morgan fingerprint density at radius 1 is 1.21 bits per heavy atom. The number of fused-ring (bicyclic) bond motifs is 1. The van der Waals surface area contributed by atoms with Gasteiger partial charge < -0.3 is 5.32 Å². The van der Waals surface area contributed by atoms with Crippen LogP contribution in [0.2, 0.25) is 10.0 Å². The van der Waals surface area contributed by atoms with Crippen molar-refractivity contribution in [2.24, 2.45) is 0 Å². The molecule has 0 saturated carbocycles. The zero-order chi connectivity index (χ0) is 17.1. The van der Waals surface area contributed by atoms with Gasteiger partial charge in [-0.25, -0.2) is 9.86 Å². The Balaban J connectivity index is 1.76. The van der Waals surface area contributed by atoms with Gasteiger partial charge in [-0.05, 0) is 29.8 Å². The van der Waals surface area contributed by atoms with Gasteiger partial charge in [-0.2, -0.15) is 0 Å². The number of urea groups is 1. The number of hydroxylamine groups is 2. The number of carbonyl (C=O) groups excluding carboxylic acids is 1. The second-order valence-corrected chi connectivity index (χ2v) is 5.97. The number of anilines is 1. The summed E-state index contributed by atoms with van der Waals surface area (Å²) in [7, 11) is 0. The molecular formula is C17H13Cl2N3O2. The number of pyridine rings is 1. The first-order chi connectivity index (χ1) is 11.5. The van der Waals surface area contributed by atoms with Crippen LogP contribution in [0.1, 0.15) is 5.56 Å². The average Bonchev–Trinajstić information content (AvgIpc) is 2.57. The maximum absolute atomic E-state index is 12.2. The summed E-state index contributed by atoms with van der Waals surface area (Å²) in [6, 6.07) is 11.4. The number of carbonyl (C=O) groups is 1. The highest BCUT2D eigenvalue weighted by Gasteiger charge is 2.14. The summed E-state index contributed by atoms with van der Waals surface area (Å²) in [5.74, 6) is 0. The van der Waals surface area contributed by atoms with Gasteiger partial charge in [0.25, 0.3) is 0 Å². The number of nitrogens with zero attached hydrogens (tertiary/aromatic N) is 2. The SMILES string of the molecule is O=C(Nc1cccc2cnccc12)N(O)Cc1ccc(Cl)cc1Cl. The van der Waals surface area contributed by atoms with Gasteiger partial charge in [-0.3, -0.25) is 10.2 Å². The second kappa shape index (κ2) is 7.05. The monoisotopic (exact) mass is 361 g/mol. The van der Waals surface area contributed by atoms with Crippen molar-refractivity contribution >= 4 is 45.7 Å². The Bertz CT molecular complexity index is 897. The van der Waals surface area contributed by atoms with E-state index in [4.69, 9.17) is 23.2 Å². The van der Waals surface area contributed by atoms with Crippen molar-refractivity contribution in [1.29, 1.82) is 0 Å². The Kier molecular flexibility index (Phi) is 4.85. The molecule has 0 aliphatic carbocycles. The standard InChI is InChI=1S/C17H13Cl2N3O2/c18-13-5-4-12(15(19)8-13)10-22(24)17(23)21-16-3-1-2-11-9-20-7-6-14(11)16/h1-9,24H,10H2,(H,21,23). The van der Waals surface area contributed by atoms with Crippen molar-refractivity contribution in [3.63, 3.8) is 0 Å². The van der Waals surface area contributed by atoms with Gasteiger partial charge in [-0.15, -0.1) is 0 Å². The summed E-state index contributed by atoms with van der Waals surface area (Å²) in [6.45, 7) is -0.0614. The molecule has 122 valence electrons. The number of rotatable bonds is 3. The molecule has 0 fully saturated rings. The first-order valence-corrected chi connectivity index (χ1v) is 7.84. The van der Waals surface area contributed by atoms with Crippen LogP contribution in [0.3, 0.4) is 0 Å². The van der Waals surface area contributed by atoms with Crippen LogP contribution in [-0.4, -0.2) is 21.3 Å². The number of nitrogens with one attached hydrogen (secondary N) is 1. The fourth-order valence-electron chi connectivity index (χ4n) is 2.29. The van der Waals surface area contributed by atoms with E-state index in [1.54, 1.807) is 48.8 Å². The number of benzene rings is 2. The highest BCUT2D eigenvalue weighted by molar-refractivity contribution is 6.35. The van der Waals surface area contributed by atoms with Gasteiger partial charge >= 0.3 is 6.03 Å². The molecular weight excluding hydrogens is 349 g/mol. The van der Waals surface area contributed by atoms with Crippen molar-refractivity contribution in [3.05, 3.63) is 70.5 Å². The maximum Gasteiger partial charge on any atom is 0.345 e. The zero-order valence-corrected chi connectivity index (χ0v) is 13.9. The Morgan fingerprint density at radius 3 is 2.83 bits per heavy atom. The lowest BCUT2D eigenvalue weighted by atomic mass is 10.1. The first-order valence-electron chi connectivity index (χ1n) is 7.08. The normalized spacial score (nSPS) is 10.6. The van der Waals surface area contributed by atoms with Crippen molar-refractivity contribution < 1.29 is 10.0 Å². The molecule has 2 N–H and O–H groups in total. The molecule has 7 heteroatoms. The van der Waals surface area contributed by atoms with Crippen LogP contribution in [0.5, 0.6) is 0 Å². The topological polar surface area (TPSA) is 65.5 Å². The van der Waals surface area contributed by atoms with Crippen LogP contribution < -0.4 is 5.32 Å². The lowest BCUT2D eigenvalue weighted by Crippen LogP contribution is -2.31. The highest BCUT2D eigenvalue weighted by Crippen LogP contribution is 2.24. The summed E-state index contributed by atoms with van der Waals surface area (Å²) in [6.07, 6.45) is 3.34. The molecule has 0 bridgehead atoms. The third-order valence-corrected chi connectivity index (χ3v) is 4.08. The smallest absolute Gasteiger partial charge is 0.305 e. The van der Waals surface area contributed by atoms with Crippen LogP contribution in [0, 0.1) is 0 Å². The third kappa shape index (κ3) is 3.59. The molecule has 3 aromatic rings. The molecule has 0 radical (unpaired) electrons. The minimum atomic E-state index is -0.662. The lowest BCUT2D eigenvalue weighted by molar-refractivity contribution is -0.0449. The van der Waals surface area contributed by atoms with Gasteiger partial charge in [0.1, 0.15) is 0 Å². The molecule has 0 aliphatic rings. The van der Waals surface area contributed by atoms with E-state index in [-0.39, 0.29) is 6.54 Å². The Hall–Kier alpha value is -2.34. The number of amides is 2. The van der Waals surface area contributed by atoms with Crippen molar-refractivity contribution in [2.45, 2.75) is 6.54 Å². The van der Waals surface area contributed by atoms with E-state index in [0.717, 1.165) is 10.8 Å². The summed E-state index contributed by atoms with van der Waals surface area (Å²) in [4.78, 5) is 16.3. The van der Waals surface area contributed by atoms with Crippen molar-refractivity contribution in [1.82, 2.24) is 10.0 Å². The van der Waals surface area contributed by atoms with E-state index in [0.29, 0.717) is 26.4 Å². The predicted octanol–water partition coefficient (Wildman–Crippen LogP) is 4.96. The minimum absolute atomic E-state index is 0.0614. The number of hydrogen-bond acceptors (Lipinski definition) is 3. The molecule has 24 heavy (non-hydrogen) atoms. The molecule has 1 aromatic heterocycles. The van der Waals surface area contributed by atoms with Crippen molar-refractivity contribution in [3.8, 4) is 0 Å². The summed E-state index contributed by atoms with van der Waals surface area (Å²) < 4.78 is 0. The largest absolute Gasteiger partial charge is 0.345 e. The predicted molar refractivity (Wildman–Crippen MR) is 94.6 cm³/mol. The molecule has 2 aromatic carbocycles. The van der Waals surface area contributed by atoms with Crippen LogP contribution in [0.25, 0.3) is 10.8 Å². The molecule has 2 amide bonds. The average molecular weight is 362 g/mol. The molecule has 0 spiro atoms. The van der Waals surface area contributed by atoms with E-state index in [1.165, 1.54) is 0 Å². The zero-order valence-electron chi connectivity index (χ0n) is 12.4. The highest BCUT2D eigenvalue weighted by atomic mass is 35.5. The van der Waals surface area contributed by atoms with Gasteiger partial charge in [0.15, 0.2) is 0 Å². The third-order valence-electron chi connectivity index (χ3n) is 3.49. The van der Waals surface area contributed by atoms with Crippen LogP contribution in [0.15, 0.2) is 54.9 Å². The van der Waals surface area contributed by atoms with E-state index < -0.39 is 6.03 Å². The lowest BCUT2D eigenvalue weighted by Gasteiger charge is -2.17. The van der Waals surface area contributed by atoms with Gasteiger partial charge in [0.2, 0.25) is 0 Å². The maximum atomic E-state index is 12.2. The second-order valence-electron chi connectivity index (χ2n) is 5.13. The summed E-state index contributed by atoms with van der Waals surface area (Å²) in [5.41, 5.74) is 1.17. The van der Waals surface area contributed by atoms with Crippen LogP contribution in [-0.2, 0) is 6.54 Å². The molecule has 0 atom stereocenters. The number of aromatic nitrogens is 1. The van der Waals surface area contributed by atoms with E-state index in [1.807, 2.05) is 6.07 Å². The summed E-state index contributed by atoms with van der Waals surface area (Å²) in [5, 5.41) is 15.8. The van der Waals surface area contributed by atoms with Crippen LogP contribution >= 0.6 is 23.2 Å². The fourth-order valence-corrected chi connectivity index (χ4v) is 2.76. The number of hydrogen-bond donors (Lipinski definition) is 2. The minimum Gasteiger partial charge on any atom is -0.305 e. The number of halogens is 2. The quantitative estimate of drug-likeness (QED) is 0.511. The van der Waals surface area contributed by atoms with E-state index in [2.05, 4.69) is 10.3 Å². The Labute approximate surface area is 148 Å². The molecule has 3 rings (SSSR count). The summed E-state index contributed by atoms with van der Waals surface area (Å²) >= 11 is 11.9. The van der Waals surface area contributed by atoms with Gasteiger partial charge in [0, 0.05) is 33.2 Å². The Morgan fingerprint density at radius 2 is 2.04 bits per heavy atom. The fraction of sp³-hybridized carbons (Fsp3) is 0.0588. The molecule has 0 aliphatic heterocycles.